The molecule has 11 heteroatoms. The topological polar surface area (TPSA) is 111 Å². The molecule has 41 heavy (non-hydrogen) atoms. The molecule has 0 aliphatic carbocycles. The van der Waals surface area contributed by atoms with Gasteiger partial charge in [0.1, 0.15) is 6.33 Å². The summed E-state index contributed by atoms with van der Waals surface area (Å²) in [6, 6.07) is 0. The predicted octanol–water partition coefficient (Wildman–Crippen LogP) is 7.36. The number of carbonyl (C=O) groups excluding carboxylic acids is 1. The number of nitrogens with one attached hydrogen (secondary N) is 1. The first-order chi connectivity index (χ1) is 19.8. The fraction of sp³-hybridized carbons (Fsp3) is 0.400. The summed E-state index contributed by atoms with van der Waals surface area (Å²) >= 11 is 0. The van der Waals surface area contributed by atoms with E-state index in [4.69, 9.17) is 9.99 Å². The van der Waals surface area contributed by atoms with Crippen molar-refractivity contribution in [1.82, 2.24) is 19.5 Å². The lowest BCUT2D eigenvalue weighted by Crippen LogP contribution is -2.13. The Hall–Kier alpha value is -2.80. The molecule has 0 saturated heterocycles. The number of hydrogen-bond acceptors (Lipinski definition) is 7. The summed E-state index contributed by atoms with van der Waals surface area (Å²) in [5, 5.41) is 11.2. The van der Waals surface area contributed by atoms with Gasteiger partial charge in [0.05, 0.1) is 28.1 Å². The monoisotopic (exact) mass is 601 g/mol. The zero-order chi connectivity index (χ0) is 28.5. The van der Waals surface area contributed by atoms with E-state index in [2.05, 4.69) is 98.7 Å². The minimum absolute atomic E-state index is 0. The van der Waals surface area contributed by atoms with Gasteiger partial charge in [-0.05, 0) is 44.9 Å². The molecule has 2 rings (SSSR count). The summed E-state index contributed by atoms with van der Waals surface area (Å²) in [6.45, 7) is 3.09. The highest BCUT2D eigenvalue weighted by Gasteiger charge is 2.12. The molecule has 2 aromatic rings. The van der Waals surface area contributed by atoms with E-state index in [1.807, 2.05) is 10.6 Å². The number of rotatable bonds is 21. The lowest BCUT2D eigenvalue weighted by atomic mass is 10.2. The second-order valence-corrected chi connectivity index (χ2v) is 9.38. The van der Waals surface area contributed by atoms with Crippen LogP contribution >= 0.6 is 18.7 Å². The van der Waals surface area contributed by atoms with Gasteiger partial charge in [-0.2, -0.15) is 9.90 Å². The molecule has 0 fully saturated rings. The number of hydrogen-bond donors (Lipinski definition) is 2. The first-order valence-electron chi connectivity index (χ1n) is 13.7. The maximum absolute atomic E-state index is 12.4. The van der Waals surface area contributed by atoms with Crippen molar-refractivity contribution in [3.05, 3.63) is 85.6 Å². The molecule has 1 amide bonds. The molecule has 0 saturated carbocycles. The summed E-state index contributed by atoms with van der Waals surface area (Å²) in [5.41, 5.74) is 1.15. The van der Waals surface area contributed by atoms with E-state index in [0.717, 1.165) is 38.5 Å². The second-order valence-electron chi connectivity index (χ2n) is 8.62. The Bertz CT molecular complexity index is 1160. The molecular weight excluding hydrogens is 556 g/mol. The van der Waals surface area contributed by atoms with E-state index < -0.39 is 0 Å². The van der Waals surface area contributed by atoms with Crippen LogP contribution in [0.15, 0.2) is 85.6 Å². The molecule has 0 bridgehead atoms. The average Bonchev–Trinajstić information content (AvgIpc) is 3.38. The van der Waals surface area contributed by atoms with E-state index in [9.17, 15) is 4.79 Å². The van der Waals surface area contributed by atoms with Crippen molar-refractivity contribution in [2.75, 3.05) is 18.3 Å². The lowest BCUT2D eigenvalue weighted by molar-refractivity contribution is -0.125. The Morgan fingerprint density at radius 2 is 1.49 bits per heavy atom. The molecule has 9 nitrogen and oxygen atoms in total. The Kier molecular flexibility index (Phi) is 22.0. The van der Waals surface area contributed by atoms with Gasteiger partial charge in [-0.1, -0.05) is 79.8 Å². The summed E-state index contributed by atoms with van der Waals surface area (Å²) in [4.78, 5) is 25.2. The first-order valence-corrected chi connectivity index (χ1v) is 14.8. The van der Waals surface area contributed by atoms with Gasteiger partial charge in [0.2, 0.25) is 5.91 Å². The summed E-state index contributed by atoms with van der Waals surface area (Å²) in [5.74, 6) is 0.273. The maximum atomic E-state index is 12.4. The van der Waals surface area contributed by atoms with Gasteiger partial charge in [-0.15, -0.1) is 0 Å². The summed E-state index contributed by atoms with van der Waals surface area (Å²) in [7, 11) is -0.116. The molecule has 0 radical (unpaired) electrons. The van der Waals surface area contributed by atoms with Crippen molar-refractivity contribution < 1.29 is 19.5 Å². The number of allylic oxidation sites excluding steroid dienone is 12. The quantitative estimate of drug-likeness (QED) is 0.0506. The fourth-order valence-corrected chi connectivity index (χ4v) is 3.77. The third kappa shape index (κ3) is 16.9. The Morgan fingerprint density at radius 3 is 2.07 bits per heavy atom. The molecule has 0 spiro atoms. The molecule has 0 aliphatic heterocycles. The van der Waals surface area contributed by atoms with Crippen LogP contribution in [-0.4, -0.2) is 43.6 Å². The van der Waals surface area contributed by atoms with Crippen molar-refractivity contribution in [3.63, 3.8) is 0 Å². The lowest BCUT2D eigenvalue weighted by Gasteiger charge is -2.06. The van der Waals surface area contributed by atoms with Crippen LogP contribution in [0.5, 0.6) is 0 Å². The molecule has 2 unspecified atom stereocenters. The summed E-state index contributed by atoms with van der Waals surface area (Å²) in [6.07, 6.45) is 36.1. The van der Waals surface area contributed by atoms with Gasteiger partial charge in [0, 0.05) is 13.0 Å². The molecule has 0 aromatic carbocycles. The highest BCUT2D eigenvalue weighted by molar-refractivity contribution is 7.31. The number of nitrogens with zero attached hydrogens (tertiary/aromatic N) is 4. The molecule has 0 aliphatic rings. The minimum atomic E-state index is -0.123. The number of imidazole rings is 1. The van der Waals surface area contributed by atoms with Gasteiger partial charge >= 0.3 is 0 Å². The van der Waals surface area contributed by atoms with E-state index in [0.29, 0.717) is 49.3 Å². The largest absolute Gasteiger partial charge is 0.373 e. The first kappa shape index (κ1) is 36.2. The van der Waals surface area contributed by atoms with Crippen molar-refractivity contribution >= 4 is 41.6 Å². The van der Waals surface area contributed by atoms with Crippen LogP contribution < -0.4 is 5.32 Å². The van der Waals surface area contributed by atoms with Crippen LogP contribution in [0.25, 0.3) is 11.2 Å². The standard InChI is InChI=1S/C30H42N5O4P.H3P/c1-2-3-4-5-6-7-8-9-10-11-12-13-14-15-16-17-18-19-20-21-27(36)34-29-28-30(32-24-31-29)35(25-33-28)22-23-38-26-40-39-37;/h3-4,6-7,9-10,12-13,15-16,18-19,24-25,37,40H,2,5,8,11,14,17,20-23,26H2,1H3,(H,31,32,34,36);1H3/b4-3-,7-6-,10-9-,13-12-,16-15-,19-18-;. The number of carbonyl (C=O) groups is 1. The molecule has 2 N–H and O–H groups in total. The molecular formula is C30H45N5O4P2. The molecule has 224 valence electrons. The van der Waals surface area contributed by atoms with Gasteiger partial charge in [-0.25, -0.2) is 24.9 Å². The number of fused-ring (bicyclic) bond motifs is 1. The van der Waals surface area contributed by atoms with Crippen molar-refractivity contribution in [3.8, 4) is 0 Å². The van der Waals surface area contributed by atoms with E-state index in [-0.39, 0.29) is 24.6 Å². The summed E-state index contributed by atoms with van der Waals surface area (Å²) < 4.78 is 11.2. The number of ether oxygens (including phenoxy) is 1. The third-order valence-corrected chi connectivity index (χ3v) is 5.95. The Labute approximate surface area is 249 Å². The molecule has 2 heterocycles. The normalized spacial score (nSPS) is 12.6. The van der Waals surface area contributed by atoms with Crippen LogP contribution in [0.3, 0.4) is 0 Å². The highest BCUT2D eigenvalue weighted by Crippen LogP contribution is 2.18. The van der Waals surface area contributed by atoms with Crippen LogP contribution in [0.1, 0.15) is 58.3 Å². The minimum Gasteiger partial charge on any atom is -0.373 e. The second kappa shape index (κ2) is 25.0. The van der Waals surface area contributed by atoms with E-state index in [1.54, 1.807) is 6.33 Å². The Balaban J connectivity index is 0.00000840. The molecule has 2 aromatic heterocycles. The van der Waals surface area contributed by atoms with E-state index in [1.165, 1.54) is 6.33 Å². The molecule has 2 atom stereocenters. The fourth-order valence-electron chi connectivity index (χ4n) is 3.49. The number of aromatic nitrogens is 4. The van der Waals surface area contributed by atoms with Gasteiger partial charge < -0.3 is 14.6 Å². The highest BCUT2D eigenvalue weighted by atomic mass is 31.1. The number of anilines is 1. The van der Waals surface area contributed by atoms with Crippen LogP contribution in [0.2, 0.25) is 0 Å². The van der Waals surface area contributed by atoms with Gasteiger partial charge in [0.25, 0.3) is 0 Å². The average molecular weight is 602 g/mol. The zero-order valence-electron chi connectivity index (χ0n) is 24.0. The van der Waals surface area contributed by atoms with E-state index >= 15 is 0 Å². The zero-order valence-corrected chi connectivity index (χ0v) is 26.4. The van der Waals surface area contributed by atoms with Crippen LogP contribution in [-0.2, 0) is 20.8 Å². The Morgan fingerprint density at radius 1 is 0.902 bits per heavy atom. The van der Waals surface area contributed by atoms with Crippen LogP contribution in [0.4, 0.5) is 5.82 Å². The number of amides is 1. The van der Waals surface area contributed by atoms with Crippen molar-refractivity contribution in [2.24, 2.45) is 0 Å². The SMILES string of the molecule is CC/C=C\C/C=C\C/C=C\C/C=C\C/C=C\C/C=C\CCC(=O)Nc1ncnc2c1ncn2CCOCPOO.P. The van der Waals surface area contributed by atoms with Gasteiger partial charge in [-0.3, -0.25) is 4.79 Å². The third-order valence-electron chi connectivity index (χ3n) is 5.50. The van der Waals surface area contributed by atoms with Crippen molar-refractivity contribution in [1.29, 1.82) is 0 Å². The van der Waals surface area contributed by atoms with Gasteiger partial charge in [0.15, 0.2) is 17.0 Å². The van der Waals surface area contributed by atoms with Crippen LogP contribution in [0, 0.1) is 0 Å². The van der Waals surface area contributed by atoms with Crippen molar-refractivity contribution in [2.45, 2.75) is 64.8 Å². The smallest absolute Gasteiger partial charge is 0.225 e. The predicted molar refractivity (Wildman–Crippen MR) is 175 cm³/mol. The maximum Gasteiger partial charge on any atom is 0.225 e.